The number of unbranched alkanes of at least 4 members (excludes halogenated alkanes) is 1. The first-order valence-corrected chi connectivity index (χ1v) is 10.5. The van der Waals surface area contributed by atoms with E-state index in [-0.39, 0.29) is 5.91 Å². The van der Waals surface area contributed by atoms with E-state index in [1.807, 2.05) is 11.0 Å². The standard InChI is InChI=1S/C22H35N3O/c1-3-4-13-23(2)18-19-9-14-24(15-10-19)16-12-22(26)25-17-11-20-7-5-6-8-21(20)25/h5-8,19H,3-4,9-18H2,1-2H3. The molecule has 0 unspecified atom stereocenters. The molecule has 0 bridgehead atoms. The molecule has 1 fully saturated rings. The minimum Gasteiger partial charge on any atom is -0.312 e. The monoisotopic (exact) mass is 357 g/mol. The minimum absolute atomic E-state index is 0.288. The van der Waals surface area contributed by atoms with Gasteiger partial charge in [0.15, 0.2) is 0 Å². The Bertz CT molecular complexity index is 581. The number of carbonyl (C=O) groups excluding carboxylic acids is 1. The Morgan fingerprint density at radius 3 is 2.73 bits per heavy atom. The maximum atomic E-state index is 12.7. The Labute approximate surface area is 159 Å². The van der Waals surface area contributed by atoms with Gasteiger partial charge in [-0.05, 0) is 69.9 Å². The maximum absolute atomic E-state index is 12.7. The van der Waals surface area contributed by atoms with Crippen LogP contribution in [0.2, 0.25) is 0 Å². The first kappa shape index (κ1) is 19.4. The first-order valence-electron chi connectivity index (χ1n) is 10.5. The SMILES string of the molecule is CCCCN(C)CC1CCN(CCC(=O)N2CCc3ccccc32)CC1. The lowest BCUT2D eigenvalue weighted by Crippen LogP contribution is -2.40. The molecular formula is C22H35N3O. The summed E-state index contributed by atoms with van der Waals surface area (Å²) in [4.78, 5) is 19.6. The van der Waals surface area contributed by atoms with Gasteiger partial charge in [-0.2, -0.15) is 0 Å². The summed E-state index contributed by atoms with van der Waals surface area (Å²) in [6.07, 6.45) is 6.78. The molecule has 1 aromatic carbocycles. The summed E-state index contributed by atoms with van der Waals surface area (Å²) in [7, 11) is 2.26. The van der Waals surface area contributed by atoms with Gasteiger partial charge in [0, 0.05) is 31.7 Å². The van der Waals surface area contributed by atoms with Gasteiger partial charge >= 0.3 is 0 Å². The summed E-state index contributed by atoms with van der Waals surface area (Å²) in [6, 6.07) is 8.33. The number of anilines is 1. The fraction of sp³-hybridized carbons (Fsp3) is 0.682. The molecule has 26 heavy (non-hydrogen) atoms. The van der Waals surface area contributed by atoms with Gasteiger partial charge in [-0.3, -0.25) is 4.79 Å². The van der Waals surface area contributed by atoms with E-state index in [0.29, 0.717) is 6.42 Å². The Morgan fingerprint density at radius 1 is 1.19 bits per heavy atom. The number of benzene rings is 1. The van der Waals surface area contributed by atoms with E-state index in [2.05, 4.69) is 42.0 Å². The molecule has 1 aromatic rings. The second-order valence-electron chi connectivity index (χ2n) is 8.07. The lowest BCUT2D eigenvalue weighted by atomic mass is 9.96. The number of nitrogens with zero attached hydrogens (tertiary/aromatic N) is 3. The van der Waals surface area contributed by atoms with Gasteiger partial charge in [-0.25, -0.2) is 0 Å². The van der Waals surface area contributed by atoms with E-state index in [1.165, 1.54) is 44.3 Å². The normalized spacial score (nSPS) is 18.5. The van der Waals surface area contributed by atoms with E-state index in [0.717, 1.165) is 44.2 Å². The summed E-state index contributed by atoms with van der Waals surface area (Å²) in [5.74, 6) is 1.12. The number of fused-ring (bicyclic) bond motifs is 1. The predicted octanol–water partition coefficient (Wildman–Crippen LogP) is 3.41. The topological polar surface area (TPSA) is 26.8 Å². The van der Waals surface area contributed by atoms with E-state index in [4.69, 9.17) is 0 Å². The minimum atomic E-state index is 0.288. The number of amides is 1. The second-order valence-corrected chi connectivity index (χ2v) is 8.07. The highest BCUT2D eigenvalue weighted by Gasteiger charge is 2.25. The molecule has 0 N–H and O–H groups in total. The molecule has 1 amide bonds. The van der Waals surface area contributed by atoms with Gasteiger partial charge < -0.3 is 14.7 Å². The number of likely N-dealkylation sites (tertiary alicyclic amines) is 1. The largest absolute Gasteiger partial charge is 0.312 e. The third kappa shape index (κ3) is 5.08. The highest BCUT2D eigenvalue weighted by atomic mass is 16.2. The average Bonchev–Trinajstić information content (AvgIpc) is 3.10. The van der Waals surface area contributed by atoms with Crippen LogP contribution in [0.15, 0.2) is 24.3 Å². The van der Waals surface area contributed by atoms with Crippen molar-refractivity contribution >= 4 is 11.6 Å². The smallest absolute Gasteiger partial charge is 0.228 e. The zero-order valence-corrected chi connectivity index (χ0v) is 16.6. The van der Waals surface area contributed by atoms with Crippen LogP contribution in [0, 0.1) is 5.92 Å². The van der Waals surface area contributed by atoms with E-state index >= 15 is 0 Å². The molecule has 4 nitrogen and oxygen atoms in total. The molecule has 0 aromatic heterocycles. The number of carbonyl (C=O) groups is 1. The lowest BCUT2D eigenvalue weighted by Gasteiger charge is -2.34. The van der Waals surface area contributed by atoms with Gasteiger partial charge in [0.2, 0.25) is 5.91 Å². The summed E-state index contributed by atoms with van der Waals surface area (Å²) in [6.45, 7) is 8.78. The van der Waals surface area contributed by atoms with Crippen LogP contribution < -0.4 is 4.90 Å². The van der Waals surface area contributed by atoms with Crippen molar-refractivity contribution in [2.75, 3.05) is 51.2 Å². The molecule has 0 atom stereocenters. The number of rotatable bonds is 8. The van der Waals surface area contributed by atoms with E-state index < -0.39 is 0 Å². The fourth-order valence-electron chi connectivity index (χ4n) is 4.34. The van der Waals surface area contributed by atoms with Crippen molar-refractivity contribution in [3.8, 4) is 0 Å². The maximum Gasteiger partial charge on any atom is 0.228 e. The highest BCUT2D eigenvalue weighted by molar-refractivity contribution is 5.95. The van der Waals surface area contributed by atoms with Gasteiger partial charge in [0.25, 0.3) is 0 Å². The van der Waals surface area contributed by atoms with Crippen LogP contribution in [-0.2, 0) is 11.2 Å². The molecule has 1 saturated heterocycles. The van der Waals surface area contributed by atoms with E-state index in [9.17, 15) is 4.79 Å². The van der Waals surface area contributed by atoms with Crippen LogP contribution in [-0.4, -0.2) is 62.0 Å². The molecule has 2 aliphatic heterocycles. The summed E-state index contributed by atoms with van der Waals surface area (Å²) in [5.41, 5.74) is 2.44. The van der Waals surface area contributed by atoms with Crippen molar-refractivity contribution in [3.63, 3.8) is 0 Å². The zero-order chi connectivity index (χ0) is 18.4. The molecular weight excluding hydrogens is 322 g/mol. The van der Waals surface area contributed by atoms with Gasteiger partial charge in [-0.1, -0.05) is 31.5 Å². The molecule has 0 aliphatic carbocycles. The van der Waals surface area contributed by atoms with Crippen LogP contribution in [0.4, 0.5) is 5.69 Å². The summed E-state index contributed by atoms with van der Waals surface area (Å²) in [5, 5.41) is 0. The Kier molecular flexibility index (Phi) is 7.09. The molecule has 0 saturated carbocycles. The molecule has 3 rings (SSSR count). The third-order valence-corrected chi connectivity index (χ3v) is 6.00. The van der Waals surface area contributed by atoms with Crippen molar-refractivity contribution in [2.24, 2.45) is 5.92 Å². The van der Waals surface area contributed by atoms with Crippen molar-refractivity contribution in [3.05, 3.63) is 29.8 Å². The number of hydrogen-bond donors (Lipinski definition) is 0. The molecule has 2 heterocycles. The van der Waals surface area contributed by atoms with Crippen molar-refractivity contribution in [1.29, 1.82) is 0 Å². The Hall–Kier alpha value is -1.39. The van der Waals surface area contributed by atoms with Crippen molar-refractivity contribution < 1.29 is 4.79 Å². The fourth-order valence-corrected chi connectivity index (χ4v) is 4.34. The number of hydrogen-bond acceptors (Lipinski definition) is 3. The molecule has 4 heteroatoms. The van der Waals surface area contributed by atoms with Crippen molar-refractivity contribution in [1.82, 2.24) is 9.80 Å². The highest BCUT2D eigenvalue weighted by Crippen LogP contribution is 2.28. The first-order chi connectivity index (χ1) is 12.7. The van der Waals surface area contributed by atoms with Crippen LogP contribution >= 0.6 is 0 Å². The lowest BCUT2D eigenvalue weighted by molar-refractivity contribution is -0.118. The van der Waals surface area contributed by atoms with Crippen molar-refractivity contribution in [2.45, 2.75) is 45.4 Å². The molecule has 144 valence electrons. The van der Waals surface area contributed by atoms with Gasteiger partial charge in [0.1, 0.15) is 0 Å². The molecule has 0 radical (unpaired) electrons. The summed E-state index contributed by atoms with van der Waals surface area (Å²) < 4.78 is 0. The third-order valence-electron chi connectivity index (χ3n) is 6.00. The zero-order valence-electron chi connectivity index (χ0n) is 16.6. The quantitative estimate of drug-likeness (QED) is 0.713. The van der Waals surface area contributed by atoms with Crippen LogP contribution in [0.25, 0.3) is 0 Å². The van der Waals surface area contributed by atoms with Gasteiger partial charge in [0.05, 0.1) is 0 Å². The number of piperidine rings is 1. The Morgan fingerprint density at radius 2 is 1.96 bits per heavy atom. The Balaban J connectivity index is 1.37. The number of para-hydroxylation sites is 1. The average molecular weight is 358 g/mol. The van der Waals surface area contributed by atoms with Crippen LogP contribution in [0.3, 0.4) is 0 Å². The van der Waals surface area contributed by atoms with Crippen LogP contribution in [0.1, 0.15) is 44.6 Å². The molecule has 2 aliphatic rings. The molecule has 0 spiro atoms. The predicted molar refractivity (Wildman–Crippen MR) is 109 cm³/mol. The summed E-state index contributed by atoms with van der Waals surface area (Å²) >= 11 is 0. The van der Waals surface area contributed by atoms with E-state index in [1.54, 1.807) is 0 Å². The van der Waals surface area contributed by atoms with Crippen LogP contribution in [0.5, 0.6) is 0 Å². The van der Waals surface area contributed by atoms with Gasteiger partial charge in [-0.15, -0.1) is 0 Å². The second kappa shape index (κ2) is 9.52.